The van der Waals surface area contributed by atoms with E-state index in [1.807, 2.05) is 0 Å². The first-order chi connectivity index (χ1) is 21.6. The molecule has 46 heavy (non-hydrogen) atoms. The van der Waals surface area contributed by atoms with Gasteiger partial charge in [-0.2, -0.15) is 0 Å². The molecule has 0 saturated carbocycles. The SMILES string of the molecule is CCCCCCCCCCc1ccc2[nH]c3c(P)c(C(C)(C)C)c(CCCCCCCCCC)c(C(C)(C)C)c3c2c1C(C)(C)C. The van der Waals surface area contributed by atoms with Crippen LogP contribution in [-0.4, -0.2) is 4.98 Å². The fraction of sp³-hybridized carbons (Fsp3) is 0.727. The van der Waals surface area contributed by atoms with Crippen molar-refractivity contribution in [2.75, 3.05) is 0 Å². The summed E-state index contributed by atoms with van der Waals surface area (Å²) in [4.78, 5) is 4.02. The summed E-state index contributed by atoms with van der Waals surface area (Å²) in [6.07, 6.45) is 24.3. The van der Waals surface area contributed by atoms with Gasteiger partial charge in [-0.25, -0.2) is 0 Å². The first-order valence-electron chi connectivity index (χ1n) is 19.6. The highest BCUT2D eigenvalue weighted by atomic mass is 31.0. The maximum Gasteiger partial charge on any atom is 0.0543 e. The largest absolute Gasteiger partial charge is 0.354 e. The molecule has 2 aromatic carbocycles. The molecule has 0 fully saturated rings. The predicted molar refractivity (Wildman–Crippen MR) is 214 cm³/mol. The molecule has 1 N–H and O–H groups in total. The van der Waals surface area contributed by atoms with Gasteiger partial charge in [-0.1, -0.05) is 172 Å². The van der Waals surface area contributed by atoms with Crippen LogP contribution in [0.3, 0.4) is 0 Å². The Bertz CT molecular complexity index is 1370. The van der Waals surface area contributed by atoms with E-state index in [9.17, 15) is 0 Å². The van der Waals surface area contributed by atoms with E-state index in [2.05, 4.69) is 103 Å². The third kappa shape index (κ3) is 10.1. The normalized spacial score (nSPS) is 13.0. The summed E-state index contributed by atoms with van der Waals surface area (Å²) in [7, 11) is 3.23. The number of rotatable bonds is 18. The average Bonchev–Trinajstić information content (AvgIpc) is 3.33. The van der Waals surface area contributed by atoms with Crippen LogP contribution in [0.5, 0.6) is 0 Å². The number of unbranched alkanes of at least 4 members (excludes halogenated alkanes) is 14. The van der Waals surface area contributed by atoms with Gasteiger partial charge in [-0.3, -0.25) is 0 Å². The quantitative estimate of drug-likeness (QED) is 0.104. The Morgan fingerprint density at radius 1 is 0.500 bits per heavy atom. The molecule has 2 heteroatoms. The van der Waals surface area contributed by atoms with Crippen LogP contribution in [0.1, 0.15) is 207 Å². The van der Waals surface area contributed by atoms with Crippen LogP contribution >= 0.6 is 9.24 Å². The zero-order valence-corrected chi connectivity index (χ0v) is 33.6. The molecule has 0 aliphatic carbocycles. The van der Waals surface area contributed by atoms with Crippen LogP contribution in [0.15, 0.2) is 12.1 Å². The topological polar surface area (TPSA) is 15.8 Å². The van der Waals surface area contributed by atoms with Crippen LogP contribution in [0.2, 0.25) is 0 Å². The number of aromatic amines is 1. The second-order valence-electron chi connectivity index (χ2n) is 17.7. The minimum absolute atomic E-state index is 0.0458. The fourth-order valence-electron chi connectivity index (χ4n) is 8.23. The third-order valence-electron chi connectivity index (χ3n) is 10.3. The number of hydrogen-bond acceptors (Lipinski definition) is 0. The van der Waals surface area contributed by atoms with Crippen LogP contribution in [0.4, 0.5) is 0 Å². The number of aryl methyl sites for hydroxylation is 1. The number of nitrogens with one attached hydrogen (secondary N) is 1. The van der Waals surface area contributed by atoms with Gasteiger partial charge in [0.1, 0.15) is 0 Å². The lowest BCUT2D eigenvalue weighted by molar-refractivity contribution is 0.546. The van der Waals surface area contributed by atoms with Gasteiger partial charge >= 0.3 is 0 Å². The molecule has 1 atom stereocenters. The molecule has 0 spiro atoms. The molecule has 0 aliphatic rings. The molecular weight excluding hydrogens is 573 g/mol. The molecule has 1 nitrogen and oxygen atoms in total. The first kappa shape index (κ1) is 39.1. The number of aromatic nitrogens is 1. The van der Waals surface area contributed by atoms with Gasteiger partial charge in [0.05, 0.1) is 5.52 Å². The van der Waals surface area contributed by atoms with Crippen molar-refractivity contribution in [3.05, 3.63) is 39.9 Å². The Morgan fingerprint density at radius 2 is 0.935 bits per heavy atom. The van der Waals surface area contributed by atoms with Gasteiger partial charge in [0.25, 0.3) is 0 Å². The van der Waals surface area contributed by atoms with Gasteiger partial charge < -0.3 is 4.98 Å². The number of H-pyrrole nitrogens is 1. The van der Waals surface area contributed by atoms with Crippen LogP contribution in [0, 0.1) is 0 Å². The lowest BCUT2D eigenvalue weighted by Gasteiger charge is -2.34. The summed E-state index contributed by atoms with van der Waals surface area (Å²) in [5.74, 6) is 0. The summed E-state index contributed by atoms with van der Waals surface area (Å²) in [5.41, 5.74) is 10.8. The Morgan fingerprint density at radius 3 is 1.39 bits per heavy atom. The standard InChI is InChI=1S/C44H74NP/c1-12-14-16-18-20-22-24-26-28-32-30-31-34-35(37(32)42(3,4)5)36-38(43(6,7)8)33(29-27-25-23-21-19-17-15-13-2)39(44(9,10)11)41(46)40(36)45-34/h30-31,45H,12-29,46H2,1-11H3. The number of benzene rings is 2. The number of fused-ring (bicyclic) bond motifs is 3. The van der Waals surface area contributed by atoms with E-state index in [4.69, 9.17) is 0 Å². The summed E-state index contributed by atoms with van der Waals surface area (Å²) in [6, 6.07) is 4.88. The Balaban J connectivity index is 2.12. The van der Waals surface area contributed by atoms with Crippen molar-refractivity contribution >= 4 is 36.4 Å². The van der Waals surface area contributed by atoms with E-state index in [0.717, 1.165) is 0 Å². The molecule has 0 radical (unpaired) electrons. The third-order valence-corrected chi connectivity index (χ3v) is 10.9. The van der Waals surface area contributed by atoms with E-state index >= 15 is 0 Å². The maximum absolute atomic E-state index is 4.02. The van der Waals surface area contributed by atoms with Gasteiger partial charge in [-0.05, 0) is 81.1 Å². The van der Waals surface area contributed by atoms with Crippen LogP contribution in [0.25, 0.3) is 21.8 Å². The number of hydrogen-bond donors (Lipinski definition) is 1. The fourth-order valence-corrected chi connectivity index (χ4v) is 9.06. The summed E-state index contributed by atoms with van der Waals surface area (Å²) in [6.45, 7) is 26.6. The van der Waals surface area contributed by atoms with Gasteiger partial charge in [0.2, 0.25) is 0 Å². The second kappa shape index (κ2) is 17.4. The summed E-state index contributed by atoms with van der Waals surface area (Å²) in [5, 5.41) is 4.41. The van der Waals surface area contributed by atoms with Crippen molar-refractivity contribution in [1.82, 2.24) is 4.98 Å². The van der Waals surface area contributed by atoms with Gasteiger partial charge in [0.15, 0.2) is 0 Å². The van der Waals surface area contributed by atoms with Crippen molar-refractivity contribution in [3.63, 3.8) is 0 Å². The zero-order chi connectivity index (χ0) is 34.1. The highest BCUT2D eigenvalue weighted by Crippen LogP contribution is 2.46. The minimum Gasteiger partial charge on any atom is -0.354 e. The Kier molecular flexibility index (Phi) is 14.8. The highest BCUT2D eigenvalue weighted by Gasteiger charge is 2.33. The lowest BCUT2D eigenvalue weighted by Crippen LogP contribution is -2.27. The molecule has 1 aromatic heterocycles. The second-order valence-corrected chi connectivity index (χ2v) is 18.3. The van der Waals surface area contributed by atoms with E-state index in [0.29, 0.717) is 0 Å². The molecule has 0 aliphatic heterocycles. The highest BCUT2D eigenvalue weighted by molar-refractivity contribution is 7.28. The lowest BCUT2D eigenvalue weighted by atomic mass is 9.72. The molecular formula is C44H74NP. The van der Waals surface area contributed by atoms with Crippen molar-refractivity contribution < 1.29 is 0 Å². The van der Waals surface area contributed by atoms with Crippen molar-refractivity contribution in [3.8, 4) is 0 Å². The average molecular weight is 648 g/mol. The van der Waals surface area contributed by atoms with Crippen LogP contribution in [-0.2, 0) is 29.1 Å². The Labute approximate surface area is 288 Å². The minimum atomic E-state index is 0.0458. The van der Waals surface area contributed by atoms with E-state index in [-0.39, 0.29) is 16.2 Å². The predicted octanol–water partition coefficient (Wildman–Crippen LogP) is 14.1. The van der Waals surface area contributed by atoms with Crippen molar-refractivity contribution in [2.45, 2.75) is 208 Å². The summed E-state index contributed by atoms with van der Waals surface area (Å²) >= 11 is 0. The van der Waals surface area contributed by atoms with Crippen LogP contribution < -0.4 is 5.30 Å². The smallest absolute Gasteiger partial charge is 0.0543 e. The zero-order valence-electron chi connectivity index (χ0n) is 32.5. The van der Waals surface area contributed by atoms with Gasteiger partial charge in [-0.15, -0.1) is 9.24 Å². The molecule has 3 rings (SSSR count). The Hall–Kier alpha value is -1.33. The maximum atomic E-state index is 4.02. The van der Waals surface area contributed by atoms with Crippen molar-refractivity contribution in [1.29, 1.82) is 0 Å². The molecule has 1 heterocycles. The summed E-state index contributed by atoms with van der Waals surface area (Å²) < 4.78 is 0. The molecule has 0 saturated heterocycles. The van der Waals surface area contributed by atoms with Crippen molar-refractivity contribution in [2.24, 2.45) is 0 Å². The van der Waals surface area contributed by atoms with E-state index < -0.39 is 0 Å². The molecule has 1 unspecified atom stereocenters. The van der Waals surface area contributed by atoms with Gasteiger partial charge in [0, 0.05) is 16.3 Å². The molecule has 0 amide bonds. The molecule has 0 bridgehead atoms. The monoisotopic (exact) mass is 648 g/mol. The molecule has 260 valence electrons. The van der Waals surface area contributed by atoms with E-state index in [1.54, 1.807) is 27.8 Å². The first-order valence-corrected chi connectivity index (χ1v) is 20.1. The molecule has 3 aromatic rings. The van der Waals surface area contributed by atoms with E-state index in [1.165, 1.54) is 143 Å².